The first-order valence-electron chi connectivity index (χ1n) is 5.46. The standard InChI is InChI=1S/C9H15F3N4O3S/c1-5-3-7(16-19-5)20(17,18)4-6(13)8(15-14-2)9(10,11)12/h5,13-14,17-18H,3-4H2,1-2H3/b13-6?,15-8+. The van der Waals surface area contributed by atoms with E-state index in [9.17, 15) is 22.3 Å². The molecule has 0 saturated carbocycles. The van der Waals surface area contributed by atoms with Crippen LogP contribution in [0, 0.1) is 5.41 Å². The van der Waals surface area contributed by atoms with Crippen LogP contribution in [-0.4, -0.2) is 50.7 Å². The highest BCUT2D eigenvalue weighted by atomic mass is 32.3. The Labute approximate surface area is 114 Å². The number of hydrazone groups is 1. The summed E-state index contributed by atoms with van der Waals surface area (Å²) < 4.78 is 57.6. The molecule has 116 valence electrons. The first-order chi connectivity index (χ1) is 9.08. The molecule has 0 aromatic carbocycles. The first-order valence-corrected chi connectivity index (χ1v) is 7.17. The fraction of sp³-hybridized carbons (Fsp3) is 0.667. The van der Waals surface area contributed by atoms with E-state index >= 15 is 0 Å². The zero-order valence-corrected chi connectivity index (χ0v) is 11.5. The summed E-state index contributed by atoms with van der Waals surface area (Å²) in [4.78, 5) is 4.76. The van der Waals surface area contributed by atoms with Crippen molar-refractivity contribution in [3.8, 4) is 0 Å². The Morgan fingerprint density at radius 3 is 2.60 bits per heavy atom. The third-order valence-corrected chi connectivity index (χ3v) is 3.98. The second-order valence-corrected chi connectivity index (χ2v) is 6.17. The van der Waals surface area contributed by atoms with Crippen LogP contribution in [0.25, 0.3) is 0 Å². The van der Waals surface area contributed by atoms with E-state index in [0.717, 1.165) is 7.05 Å². The van der Waals surface area contributed by atoms with Gasteiger partial charge in [-0.05, 0) is 6.92 Å². The van der Waals surface area contributed by atoms with E-state index in [0.29, 0.717) is 0 Å². The lowest BCUT2D eigenvalue weighted by molar-refractivity contribution is -0.0570. The van der Waals surface area contributed by atoms with Crippen LogP contribution in [0.4, 0.5) is 13.2 Å². The molecule has 0 amide bonds. The first kappa shape index (κ1) is 16.7. The Kier molecular flexibility index (Phi) is 5.00. The predicted molar refractivity (Wildman–Crippen MR) is 70.6 cm³/mol. The van der Waals surface area contributed by atoms with Crippen LogP contribution in [0.5, 0.6) is 0 Å². The molecule has 0 radical (unpaired) electrons. The summed E-state index contributed by atoms with van der Waals surface area (Å²) in [7, 11) is -2.48. The molecule has 0 saturated heterocycles. The smallest absolute Gasteiger partial charge is 0.391 e. The van der Waals surface area contributed by atoms with Gasteiger partial charge < -0.3 is 15.7 Å². The third-order valence-electron chi connectivity index (χ3n) is 2.30. The second kappa shape index (κ2) is 5.97. The third kappa shape index (κ3) is 4.08. The quantitative estimate of drug-likeness (QED) is 0.470. The number of hydrogen-bond acceptors (Lipinski definition) is 7. The van der Waals surface area contributed by atoms with E-state index in [2.05, 4.69) is 10.3 Å². The lowest BCUT2D eigenvalue weighted by Crippen LogP contribution is -2.36. The van der Waals surface area contributed by atoms with Gasteiger partial charge in [0.25, 0.3) is 0 Å². The van der Waals surface area contributed by atoms with Crippen molar-refractivity contribution in [2.75, 3.05) is 12.8 Å². The molecule has 11 heteroatoms. The van der Waals surface area contributed by atoms with Gasteiger partial charge in [-0.15, -0.1) is 10.6 Å². The normalized spacial score (nSPS) is 21.2. The number of oxime groups is 1. The van der Waals surface area contributed by atoms with Crippen LogP contribution in [-0.2, 0) is 4.84 Å². The molecular weight excluding hydrogens is 301 g/mol. The molecule has 1 atom stereocenters. The van der Waals surface area contributed by atoms with Gasteiger partial charge in [0.05, 0.1) is 11.5 Å². The van der Waals surface area contributed by atoms with Gasteiger partial charge in [-0.3, -0.25) is 9.11 Å². The van der Waals surface area contributed by atoms with Crippen LogP contribution in [0.1, 0.15) is 13.3 Å². The van der Waals surface area contributed by atoms with Crippen LogP contribution in [0.15, 0.2) is 10.3 Å². The molecule has 0 bridgehead atoms. The summed E-state index contributed by atoms with van der Waals surface area (Å²) in [5.41, 5.74) is -0.604. The maximum Gasteiger partial charge on any atom is 0.436 e. The lowest BCUT2D eigenvalue weighted by atomic mass is 10.2. The van der Waals surface area contributed by atoms with Gasteiger partial charge in [-0.25, -0.2) is 0 Å². The molecule has 0 spiro atoms. The monoisotopic (exact) mass is 316 g/mol. The Balaban J connectivity index is 2.86. The SMILES string of the molecule is CN/N=C(\C(=N)CS(O)(O)C1=NOC(C)C1)C(F)(F)F. The molecule has 1 aliphatic rings. The Morgan fingerprint density at radius 1 is 1.60 bits per heavy atom. The minimum absolute atomic E-state index is 0.0974. The minimum Gasteiger partial charge on any atom is -0.391 e. The number of rotatable bonds is 4. The van der Waals surface area contributed by atoms with Gasteiger partial charge in [0, 0.05) is 13.5 Å². The molecule has 1 aliphatic heterocycles. The second-order valence-electron chi connectivity index (χ2n) is 4.08. The average Bonchev–Trinajstić information content (AvgIpc) is 2.71. The van der Waals surface area contributed by atoms with Crippen molar-refractivity contribution in [3.63, 3.8) is 0 Å². The number of alkyl halides is 3. The summed E-state index contributed by atoms with van der Waals surface area (Å²) >= 11 is 0. The van der Waals surface area contributed by atoms with Crippen molar-refractivity contribution < 1.29 is 27.1 Å². The number of halogens is 3. The molecule has 1 heterocycles. The molecule has 7 nitrogen and oxygen atoms in total. The maximum absolute atomic E-state index is 12.7. The molecule has 0 fully saturated rings. The van der Waals surface area contributed by atoms with Gasteiger partial charge in [-0.1, -0.05) is 5.16 Å². The van der Waals surface area contributed by atoms with Gasteiger partial charge in [-0.2, -0.15) is 18.3 Å². The van der Waals surface area contributed by atoms with Crippen molar-refractivity contribution >= 4 is 27.1 Å². The van der Waals surface area contributed by atoms with Crippen molar-refractivity contribution in [1.82, 2.24) is 5.43 Å². The summed E-state index contributed by atoms with van der Waals surface area (Å²) in [5.74, 6) is -0.915. The van der Waals surface area contributed by atoms with E-state index < -0.39 is 33.9 Å². The number of nitrogens with one attached hydrogen (secondary N) is 2. The van der Waals surface area contributed by atoms with Crippen molar-refractivity contribution in [3.05, 3.63) is 0 Å². The van der Waals surface area contributed by atoms with Gasteiger partial charge in [0.1, 0.15) is 6.10 Å². The number of hydrogen-bond donors (Lipinski definition) is 4. The van der Waals surface area contributed by atoms with E-state index in [1.165, 1.54) is 0 Å². The zero-order chi connectivity index (χ0) is 15.6. The van der Waals surface area contributed by atoms with Crippen LogP contribution < -0.4 is 5.43 Å². The van der Waals surface area contributed by atoms with E-state index in [-0.39, 0.29) is 17.6 Å². The molecule has 0 aromatic heterocycles. The van der Waals surface area contributed by atoms with Gasteiger partial charge in [0.15, 0.2) is 10.8 Å². The highest BCUT2D eigenvalue weighted by molar-refractivity contribution is 8.37. The predicted octanol–water partition coefficient (Wildman–Crippen LogP) is 2.02. The molecule has 0 aliphatic carbocycles. The van der Waals surface area contributed by atoms with Gasteiger partial charge >= 0.3 is 6.18 Å². The highest BCUT2D eigenvalue weighted by Crippen LogP contribution is 2.44. The summed E-state index contributed by atoms with van der Waals surface area (Å²) in [5, 5.41) is 13.6. The van der Waals surface area contributed by atoms with Crippen LogP contribution in [0.3, 0.4) is 0 Å². The molecular formula is C9H15F3N4O3S. The molecule has 1 unspecified atom stereocenters. The average molecular weight is 316 g/mol. The Morgan fingerprint density at radius 2 is 2.20 bits per heavy atom. The van der Waals surface area contributed by atoms with Crippen molar-refractivity contribution in [1.29, 1.82) is 5.41 Å². The molecule has 20 heavy (non-hydrogen) atoms. The largest absolute Gasteiger partial charge is 0.436 e. The Bertz CT molecular complexity index is 450. The number of nitrogens with zero attached hydrogens (tertiary/aromatic N) is 2. The summed E-state index contributed by atoms with van der Waals surface area (Å²) in [6, 6.07) is 0. The summed E-state index contributed by atoms with van der Waals surface area (Å²) in [6.45, 7) is 1.63. The highest BCUT2D eigenvalue weighted by Gasteiger charge is 2.41. The minimum atomic E-state index is -4.86. The fourth-order valence-electron chi connectivity index (χ4n) is 1.43. The van der Waals surface area contributed by atoms with Gasteiger partial charge in [0.2, 0.25) is 0 Å². The molecule has 1 rings (SSSR count). The lowest BCUT2D eigenvalue weighted by Gasteiger charge is -2.31. The van der Waals surface area contributed by atoms with E-state index in [4.69, 9.17) is 10.2 Å². The van der Waals surface area contributed by atoms with Crippen LogP contribution >= 0.6 is 10.6 Å². The fourth-order valence-corrected chi connectivity index (χ4v) is 2.80. The zero-order valence-electron chi connectivity index (χ0n) is 10.7. The van der Waals surface area contributed by atoms with E-state index in [1.54, 1.807) is 6.92 Å². The Hall–Kier alpha value is -1.33. The van der Waals surface area contributed by atoms with Crippen LogP contribution in [0.2, 0.25) is 0 Å². The molecule has 4 N–H and O–H groups in total. The summed E-state index contributed by atoms with van der Waals surface area (Å²) in [6.07, 6.45) is -5.14. The molecule has 0 aromatic rings. The topological polar surface area (TPSA) is 110 Å². The maximum atomic E-state index is 12.7. The van der Waals surface area contributed by atoms with Crippen molar-refractivity contribution in [2.24, 2.45) is 10.3 Å². The van der Waals surface area contributed by atoms with E-state index in [1.807, 2.05) is 5.43 Å². The van der Waals surface area contributed by atoms with Crippen molar-refractivity contribution in [2.45, 2.75) is 25.6 Å².